The van der Waals surface area contributed by atoms with Crippen molar-refractivity contribution in [1.29, 1.82) is 0 Å². The molecule has 126 valence electrons. The summed E-state index contributed by atoms with van der Waals surface area (Å²) in [6.45, 7) is 3.13. The minimum absolute atomic E-state index is 0.252. The molecule has 1 aromatic carbocycles. The van der Waals surface area contributed by atoms with Crippen LogP contribution in [-0.2, 0) is 34.7 Å². The fraction of sp³-hybridized carbons (Fsp3) is 0.500. The Balaban J connectivity index is 2.45. The molecular formula is C16H20O6S. The van der Waals surface area contributed by atoms with Gasteiger partial charge in [-0.15, -0.1) is 0 Å². The second-order valence-electron chi connectivity index (χ2n) is 6.19. The molecule has 7 heteroatoms. The molecule has 1 aliphatic rings. The topological polar surface area (TPSA) is 86.7 Å². The van der Waals surface area contributed by atoms with Gasteiger partial charge in [-0.3, -0.25) is 9.59 Å². The standard InChI is InChI=1S/C16H20O6S/c1-15(2)12(16(15,13(17)21-3)14(18)22-4)23(19,20)10-11-8-6-5-7-9-11/h5-9,12H,10H2,1-4H3. The van der Waals surface area contributed by atoms with Gasteiger partial charge in [0.15, 0.2) is 15.3 Å². The maximum Gasteiger partial charge on any atom is 0.325 e. The van der Waals surface area contributed by atoms with E-state index in [0.717, 1.165) is 14.2 Å². The number of methoxy groups -OCH3 is 2. The summed E-state index contributed by atoms with van der Waals surface area (Å²) in [6.07, 6.45) is 0. The molecule has 0 heterocycles. The molecule has 6 nitrogen and oxygen atoms in total. The van der Waals surface area contributed by atoms with Crippen molar-refractivity contribution in [2.45, 2.75) is 24.9 Å². The summed E-state index contributed by atoms with van der Waals surface area (Å²) in [7, 11) is -1.51. The number of hydrogen-bond acceptors (Lipinski definition) is 6. The summed E-state index contributed by atoms with van der Waals surface area (Å²) < 4.78 is 35.1. The number of rotatable bonds is 5. The van der Waals surface area contributed by atoms with E-state index in [1.807, 2.05) is 0 Å². The summed E-state index contributed by atoms with van der Waals surface area (Å²) in [5, 5.41) is -1.18. The first kappa shape index (κ1) is 17.5. The molecule has 1 atom stereocenters. The van der Waals surface area contributed by atoms with Crippen molar-refractivity contribution in [3.8, 4) is 0 Å². The number of esters is 2. The van der Waals surface area contributed by atoms with Crippen LogP contribution in [-0.4, -0.2) is 39.8 Å². The lowest BCUT2D eigenvalue weighted by Crippen LogP contribution is -2.35. The first-order valence-electron chi connectivity index (χ1n) is 7.08. The van der Waals surface area contributed by atoms with Crippen LogP contribution in [0.5, 0.6) is 0 Å². The zero-order valence-corrected chi connectivity index (χ0v) is 14.3. The van der Waals surface area contributed by atoms with Crippen LogP contribution in [0.2, 0.25) is 0 Å². The predicted octanol–water partition coefficient (Wildman–Crippen LogP) is 1.34. The van der Waals surface area contributed by atoms with E-state index in [0.29, 0.717) is 5.56 Å². The van der Waals surface area contributed by atoms with Crippen LogP contribution in [0.3, 0.4) is 0 Å². The van der Waals surface area contributed by atoms with Crippen LogP contribution in [0.4, 0.5) is 0 Å². The Labute approximate surface area is 135 Å². The van der Waals surface area contributed by atoms with Gasteiger partial charge in [0, 0.05) is 5.41 Å². The van der Waals surface area contributed by atoms with Crippen LogP contribution in [0, 0.1) is 10.8 Å². The van der Waals surface area contributed by atoms with Crippen LogP contribution in [0.1, 0.15) is 19.4 Å². The third-order valence-electron chi connectivity index (χ3n) is 4.57. The average Bonchev–Trinajstić information content (AvgIpc) is 3.05. The van der Waals surface area contributed by atoms with E-state index in [4.69, 9.17) is 9.47 Å². The molecule has 0 spiro atoms. The molecule has 0 N–H and O–H groups in total. The van der Waals surface area contributed by atoms with Gasteiger partial charge in [0.1, 0.15) is 0 Å². The second-order valence-corrected chi connectivity index (χ2v) is 8.27. The van der Waals surface area contributed by atoms with E-state index in [-0.39, 0.29) is 5.75 Å². The van der Waals surface area contributed by atoms with Crippen LogP contribution < -0.4 is 0 Å². The molecule has 23 heavy (non-hydrogen) atoms. The first-order valence-corrected chi connectivity index (χ1v) is 8.80. The minimum atomic E-state index is -3.77. The molecular weight excluding hydrogens is 320 g/mol. The van der Waals surface area contributed by atoms with Gasteiger partial charge in [0.05, 0.1) is 25.2 Å². The van der Waals surface area contributed by atoms with Gasteiger partial charge in [-0.2, -0.15) is 0 Å². The van der Waals surface area contributed by atoms with Gasteiger partial charge in [-0.1, -0.05) is 44.2 Å². The van der Waals surface area contributed by atoms with Gasteiger partial charge < -0.3 is 9.47 Å². The smallest absolute Gasteiger partial charge is 0.325 e. The Hall–Kier alpha value is -1.89. The zero-order chi connectivity index (χ0) is 17.5. The highest BCUT2D eigenvalue weighted by atomic mass is 32.2. The predicted molar refractivity (Wildman–Crippen MR) is 83.1 cm³/mol. The molecule has 1 unspecified atom stereocenters. The van der Waals surface area contributed by atoms with Gasteiger partial charge in [0.2, 0.25) is 0 Å². The Morgan fingerprint density at radius 2 is 1.52 bits per heavy atom. The van der Waals surface area contributed by atoms with E-state index in [2.05, 4.69) is 0 Å². The lowest BCUT2D eigenvalue weighted by Gasteiger charge is -2.14. The van der Waals surface area contributed by atoms with Gasteiger partial charge in [-0.05, 0) is 5.56 Å². The van der Waals surface area contributed by atoms with Gasteiger partial charge >= 0.3 is 11.9 Å². The average molecular weight is 340 g/mol. The minimum Gasteiger partial charge on any atom is -0.468 e. The molecule has 2 rings (SSSR count). The summed E-state index contributed by atoms with van der Waals surface area (Å²) in [6, 6.07) is 8.62. The molecule has 0 bridgehead atoms. The fourth-order valence-electron chi connectivity index (χ4n) is 3.47. The van der Waals surface area contributed by atoms with Crippen molar-refractivity contribution >= 4 is 21.8 Å². The highest BCUT2D eigenvalue weighted by Gasteiger charge is 2.86. The number of benzene rings is 1. The monoisotopic (exact) mass is 340 g/mol. The van der Waals surface area contributed by atoms with E-state index in [1.165, 1.54) is 0 Å². The maximum atomic E-state index is 12.8. The van der Waals surface area contributed by atoms with Crippen molar-refractivity contribution in [3.05, 3.63) is 35.9 Å². The number of carbonyl (C=O) groups excluding carboxylic acids is 2. The normalized spacial score (nSPS) is 21.3. The van der Waals surface area contributed by atoms with Crippen molar-refractivity contribution in [3.63, 3.8) is 0 Å². The van der Waals surface area contributed by atoms with Crippen molar-refractivity contribution in [1.82, 2.24) is 0 Å². The van der Waals surface area contributed by atoms with Crippen molar-refractivity contribution < 1.29 is 27.5 Å². The van der Waals surface area contributed by atoms with Gasteiger partial charge in [-0.25, -0.2) is 8.42 Å². The summed E-state index contributed by atoms with van der Waals surface area (Å²) in [4.78, 5) is 24.5. The molecule has 1 saturated carbocycles. The molecule has 0 aromatic heterocycles. The van der Waals surface area contributed by atoms with E-state index >= 15 is 0 Å². The third-order valence-corrected chi connectivity index (χ3v) is 6.96. The van der Waals surface area contributed by atoms with Crippen LogP contribution in [0.25, 0.3) is 0 Å². The number of sulfone groups is 1. The molecule has 1 aromatic rings. The number of hydrogen-bond donors (Lipinski definition) is 0. The molecule has 0 radical (unpaired) electrons. The first-order chi connectivity index (χ1) is 10.7. The lowest BCUT2D eigenvalue weighted by atomic mass is 9.96. The SMILES string of the molecule is COC(=O)C1(C(=O)OC)C(S(=O)(=O)Cc2ccccc2)C1(C)C. The highest BCUT2D eigenvalue weighted by Crippen LogP contribution is 2.68. The highest BCUT2D eigenvalue weighted by molar-refractivity contribution is 7.91. The number of carbonyl (C=O) groups is 2. The molecule has 0 saturated heterocycles. The zero-order valence-electron chi connectivity index (χ0n) is 13.5. The second kappa shape index (κ2) is 5.63. The fourth-order valence-corrected chi connectivity index (χ4v) is 6.34. The summed E-state index contributed by atoms with van der Waals surface area (Å²) in [5.74, 6) is -2.01. The molecule has 0 amide bonds. The largest absolute Gasteiger partial charge is 0.468 e. The van der Waals surface area contributed by atoms with Crippen LogP contribution in [0.15, 0.2) is 30.3 Å². The van der Waals surface area contributed by atoms with Crippen molar-refractivity contribution in [2.24, 2.45) is 10.8 Å². The van der Waals surface area contributed by atoms with Crippen molar-refractivity contribution in [2.75, 3.05) is 14.2 Å². The summed E-state index contributed by atoms with van der Waals surface area (Å²) >= 11 is 0. The molecule has 0 aliphatic heterocycles. The van der Waals surface area contributed by atoms with E-state index < -0.39 is 37.9 Å². The van der Waals surface area contributed by atoms with E-state index in [9.17, 15) is 18.0 Å². The Kier molecular flexibility index (Phi) is 4.28. The Bertz CT molecular complexity index is 704. The van der Waals surface area contributed by atoms with Gasteiger partial charge in [0.25, 0.3) is 0 Å². The third kappa shape index (κ3) is 2.43. The lowest BCUT2D eigenvalue weighted by molar-refractivity contribution is -0.163. The quantitative estimate of drug-likeness (QED) is 0.594. The molecule has 1 fully saturated rings. The van der Waals surface area contributed by atoms with Crippen LogP contribution >= 0.6 is 0 Å². The molecule has 1 aliphatic carbocycles. The Morgan fingerprint density at radius 3 is 1.96 bits per heavy atom. The van der Waals surface area contributed by atoms with E-state index in [1.54, 1.807) is 44.2 Å². The summed E-state index contributed by atoms with van der Waals surface area (Å²) in [5.41, 5.74) is -2.32. The Morgan fingerprint density at radius 1 is 1.04 bits per heavy atom. The number of ether oxygens (including phenoxy) is 2. The maximum absolute atomic E-state index is 12.8.